The maximum atomic E-state index is 11.8. The number of aryl methyl sites for hydroxylation is 1. The number of aromatic nitrogens is 1. The fourth-order valence-electron chi connectivity index (χ4n) is 2.45. The van der Waals surface area contributed by atoms with Gasteiger partial charge in [0.25, 0.3) is 0 Å². The summed E-state index contributed by atoms with van der Waals surface area (Å²) >= 11 is 6.31. The molecule has 0 aliphatic carbocycles. The van der Waals surface area contributed by atoms with Crippen LogP contribution in [-0.2, 0) is 9.53 Å². The molecule has 1 atom stereocenters. The Hall–Kier alpha value is -1.91. The van der Waals surface area contributed by atoms with Crippen molar-refractivity contribution >= 4 is 34.5 Å². The zero-order chi connectivity index (χ0) is 18.1. The van der Waals surface area contributed by atoms with Gasteiger partial charge in [-0.05, 0) is 44.9 Å². The quantitative estimate of drug-likeness (QED) is 0.829. The van der Waals surface area contributed by atoms with Crippen molar-refractivity contribution in [3.63, 3.8) is 0 Å². The molecule has 0 bridgehead atoms. The molecule has 0 saturated heterocycles. The van der Waals surface area contributed by atoms with E-state index in [1.54, 1.807) is 26.8 Å². The number of carbonyl (C=O) groups excluding carboxylic acids is 1. The fourth-order valence-corrected chi connectivity index (χ4v) is 2.71. The standard InChI is InChI=1S/C19H22ClNO3/c1-11-13(8-9-19(3,4)18(23)24-5)6-7-14-15(20)10-16(12(2)22)21-17(11)14/h6-10,12,22H,1-5H3/b9-8+/t12-/m1/s1. The highest BCUT2D eigenvalue weighted by atomic mass is 35.5. The average molecular weight is 348 g/mol. The van der Waals surface area contributed by atoms with E-state index in [-0.39, 0.29) is 5.97 Å². The van der Waals surface area contributed by atoms with Gasteiger partial charge in [0, 0.05) is 5.39 Å². The van der Waals surface area contributed by atoms with Crippen LogP contribution in [-0.4, -0.2) is 23.2 Å². The molecular formula is C19H22ClNO3. The second-order valence-electron chi connectivity index (χ2n) is 6.43. The molecule has 1 aromatic heterocycles. The third-order valence-corrected chi connectivity index (χ3v) is 4.38. The molecule has 2 rings (SSSR count). The molecule has 5 heteroatoms. The summed E-state index contributed by atoms with van der Waals surface area (Å²) in [5.41, 5.74) is 2.44. The van der Waals surface area contributed by atoms with Crippen molar-refractivity contribution in [2.45, 2.75) is 33.8 Å². The Bertz CT molecular complexity index is 810. The van der Waals surface area contributed by atoms with E-state index < -0.39 is 11.5 Å². The van der Waals surface area contributed by atoms with Gasteiger partial charge in [0.2, 0.25) is 0 Å². The van der Waals surface area contributed by atoms with Gasteiger partial charge in [-0.2, -0.15) is 0 Å². The first-order valence-corrected chi connectivity index (χ1v) is 8.10. The number of methoxy groups -OCH3 is 1. The molecule has 0 saturated carbocycles. The summed E-state index contributed by atoms with van der Waals surface area (Å²) in [5.74, 6) is -0.297. The maximum Gasteiger partial charge on any atom is 0.315 e. The lowest BCUT2D eigenvalue weighted by molar-refractivity contribution is -0.148. The van der Waals surface area contributed by atoms with Crippen molar-refractivity contribution in [2.24, 2.45) is 5.41 Å². The molecule has 128 valence electrons. The third-order valence-electron chi connectivity index (χ3n) is 4.06. The van der Waals surface area contributed by atoms with Crippen molar-refractivity contribution in [3.05, 3.63) is 46.1 Å². The van der Waals surface area contributed by atoms with Crippen LogP contribution in [0.5, 0.6) is 0 Å². The van der Waals surface area contributed by atoms with E-state index in [1.807, 2.05) is 31.2 Å². The van der Waals surface area contributed by atoms with E-state index >= 15 is 0 Å². The van der Waals surface area contributed by atoms with Crippen LogP contribution in [0, 0.1) is 12.3 Å². The number of rotatable bonds is 4. The zero-order valence-electron chi connectivity index (χ0n) is 14.6. The van der Waals surface area contributed by atoms with Gasteiger partial charge in [0.05, 0.1) is 34.9 Å². The first-order chi connectivity index (χ1) is 11.2. The van der Waals surface area contributed by atoms with Crippen molar-refractivity contribution in [2.75, 3.05) is 7.11 Å². The molecule has 0 radical (unpaired) electrons. The number of hydrogen-bond acceptors (Lipinski definition) is 4. The Morgan fingerprint density at radius 2 is 2.08 bits per heavy atom. The van der Waals surface area contributed by atoms with Crippen LogP contribution >= 0.6 is 11.6 Å². The maximum absolute atomic E-state index is 11.8. The lowest BCUT2D eigenvalue weighted by Gasteiger charge is -2.17. The second-order valence-corrected chi connectivity index (χ2v) is 6.83. The van der Waals surface area contributed by atoms with E-state index in [0.717, 1.165) is 22.0 Å². The molecule has 1 N–H and O–H groups in total. The van der Waals surface area contributed by atoms with Gasteiger partial charge >= 0.3 is 5.97 Å². The van der Waals surface area contributed by atoms with Gasteiger partial charge < -0.3 is 9.84 Å². The first-order valence-electron chi connectivity index (χ1n) is 7.73. The van der Waals surface area contributed by atoms with E-state index in [2.05, 4.69) is 4.98 Å². The monoisotopic (exact) mass is 347 g/mol. The lowest BCUT2D eigenvalue weighted by atomic mass is 9.91. The molecule has 1 aromatic carbocycles. The normalized spacial score (nSPS) is 13.5. The number of fused-ring (bicyclic) bond motifs is 1. The summed E-state index contributed by atoms with van der Waals surface area (Å²) in [5, 5.41) is 11.2. The highest BCUT2D eigenvalue weighted by Gasteiger charge is 2.25. The highest BCUT2D eigenvalue weighted by Crippen LogP contribution is 2.30. The predicted octanol–water partition coefficient (Wildman–Crippen LogP) is 4.46. The van der Waals surface area contributed by atoms with E-state index in [1.165, 1.54) is 7.11 Å². The Balaban J connectivity index is 2.54. The Morgan fingerprint density at radius 3 is 2.67 bits per heavy atom. The van der Waals surface area contributed by atoms with Crippen molar-refractivity contribution in [1.29, 1.82) is 0 Å². The van der Waals surface area contributed by atoms with Crippen LogP contribution in [0.25, 0.3) is 17.0 Å². The molecule has 0 aliphatic heterocycles. The number of nitrogens with zero attached hydrogens (tertiary/aromatic N) is 1. The summed E-state index contributed by atoms with van der Waals surface area (Å²) in [6.07, 6.45) is 3.01. The van der Waals surface area contributed by atoms with E-state index in [0.29, 0.717) is 10.7 Å². The molecule has 1 heterocycles. The number of hydrogen-bond donors (Lipinski definition) is 1. The van der Waals surface area contributed by atoms with Gasteiger partial charge in [-0.1, -0.05) is 35.9 Å². The lowest BCUT2D eigenvalue weighted by Crippen LogP contribution is -2.22. The van der Waals surface area contributed by atoms with Crippen LogP contribution in [0.1, 0.15) is 43.7 Å². The molecule has 0 aliphatic rings. The number of halogens is 1. The number of aliphatic hydroxyl groups excluding tert-OH is 1. The third kappa shape index (κ3) is 3.60. The van der Waals surface area contributed by atoms with E-state index in [4.69, 9.17) is 16.3 Å². The second kappa shape index (κ2) is 6.91. The van der Waals surface area contributed by atoms with Gasteiger partial charge in [0.15, 0.2) is 0 Å². The van der Waals surface area contributed by atoms with Crippen molar-refractivity contribution in [3.8, 4) is 0 Å². The van der Waals surface area contributed by atoms with E-state index in [9.17, 15) is 9.90 Å². The molecule has 0 unspecified atom stereocenters. The van der Waals surface area contributed by atoms with Crippen LogP contribution < -0.4 is 0 Å². The molecular weight excluding hydrogens is 326 g/mol. The Morgan fingerprint density at radius 1 is 1.42 bits per heavy atom. The SMILES string of the molecule is COC(=O)C(C)(C)/C=C/c1ccc2c(Cl)cc([C@@H](C)O)nc2c1C. The predicted molar refractivity (Wildman–Crippen MR) is 97.0 cm³/mol. The van der Waals surface area contributed by atoms with Crippen LogP contribution in [0.3, 0.4) is 0 Å². The summed E-state index contributed by atoms with van der Waals surface area (Å²) in [4.78, 5) is 16.3. The van der Waals surface area contributed by atoms with Crippen LogP contribution in [0.2, 0.25) is 5.02 Å². The molecule has 4 nitrogen and oxygen atoms in total. The van der Waals surface area contributed by atoms with Gasteiger partial charge in [-0.3, -0.25) is 4.79 Å². The molecule has 0 fully saturated rings. The number of pyridine rings is 1. The highest BCUT2D eigenvalue weighted by molar-refractivity contribution is 6.35. The summed E-state index contributed by atoms with van der Waals surface area (Å²) in [6.45, 7) is 7.20. The minimum absolute atomic E-state index is 0.297. The molecule has 2 aromatic rings. The summed E-state index contributed by atoms with van der Waals surface area (Å²) in [7, 11) is 1.38. The van der Waals surface area contributed by atoms with Gasteiger partial charge in [-0.15, -0.1) is 0 Å². The summed E-state index contributed by atoms with van der Waals surface area (Å²) < 4.78 is 4.81. The average Bonchev–Trinajstić information content (AvgIpc) is 2.53. The minimum Gasteiger partial charge on any atom is -0.468 e. The Labute approximate surface area is 147 Å². The van der Waals surface area contributed by atoms with Crippen LogP contribution in [0.4, 0.5) is 0 Å². The first kappa shape index (κ1) is 18.4. The summed E-state index contributed by atoms with van der Waals surface area (Å²) in [6, 6.07) is 5.52. The van der Waals surface area contributed by atoms with Crippen molar-refractivity contribution < 1.29 is 14.6 Å². The zero-order valence-corrected chi connectivity index (χ0v) is 15.3. The minimum atomic E-state index is -0.720. The molecule has 24 heavy (non-hydrogen) atoms. The molecule has 0 amide bonds. The number of ether oxygens (including phenoxy) is 1. The smallest absolute Gasteiger partial charge is 0.315 e. The number of carbonyl (C=O) groups is 1. The van der Waals surface area contributed by atoms with Gasteiger partial charge in [-0.25, -0.2) is 4.98 Å². The van der Waals surface area contributed by atoms with Gasteiger partial charge in [0.1, 0.15) is 0 Å². The molecule has 0 spiro atoms. The number of benzene rings is 1. The Kier molecular flexibility index (Phi) is 5.31. The number of esters is 1. The number of aliphatic hydroxyl groups is 1. The fraction of sp³-hybridized carbons (Fsp3) is 0.368. The van der Waals surface area contributed by atoms with Crippen LogP contribution in [0.15, 0.2) is 24.3 Å². The topological polar surface area (TPSA) is 59.4 Å². The van der Waals surface area contributed by atoms with Crippen molar-refractivity contribution in [1.82, 2.24) is 4.98 Å². The largest absolute Gasteiger partial charge is 0.468 e.